The van der Waals surface area contributed by atoms with Gasteiger partial charge in [0.2, 0.25) is 0 Å². The van der Waals surface area contributed by atoms with Crippen LogP contribution < -0.4 is 0 Å². The van der Waals surface area contributed by atoms with Crippen molar-refractivity contribution >= 4 is 11.7 Å². The quantitative estimate of drug-likeness (QED) is 0.383. The topological polar surface area (TPSA) is 89.7 Å². The Morgan fingerprint density at radius 1 is 1.18 bits per heavy atom. The van der Waals surface area contributed by atoms with Crippen molar-refractivity contribution < 1.29 is 19.6 Å². The number of carbonyl (C=O) groups is 1. The average molecular weight is 301 g/mol. The summed E-state index contributed by atoms with van der Waals surface area (Å²) in [6, 6.07) is 13.2. The van der Waals surface area contributed by atoms with Crippen molar-refractivity contribution in [2.75, 3.05) is 6.61 Å². The fourth-order valence-electron chi connectivity index (χ4n) is 1.97. The third-order valence-electron chi connectivity index (χ3n) is 3.09. The SMILES string of the molecule is O=C(OCCCc1ccccc1)c1ccc([N+](=O)[O-])c(O)c1. The second kappa shape index (κ2) is 7.21. The lowest BCUT2D eigenvalue weighted by molar-refractivity contribution is -0.385. The number of phenolic OH excluding ortho intramolecular Hbond substituents is 1. The van der Waals surface area contributed by atoms with Crippen LogP contribution in [0.4, 0.5) is 5.69 Å². The van der Waals surface area contributed by atoms with Crippen LogP contribution in [0, 0.1) is 10.1 Å². The fraction of sp³-hybridized carbons (Fsp3) is 0.188. The third kappa shape index (κ3) is 4.05. The average Bonchev–Trinajstić information content (AvgIpc) is 2.52. The number of hydrogen-bond acceptors (Lipinski definition) is 5. The standard InChI is InChI=1S/C16H15NO5/c18-15-11-13(8-9-14(15)17(20)21)16(19)22-10-4-7-12-5-2-1-3-6-12/h1-3,5-6,8-9,11,18H,4,7,10H2. The van der Waals surface area contributed by atoms with E-state index in [2.05, 4.69) is 0 Å². The normalized spacial score (nSPS) is 10.2. The van der Waals surface area contributed by atoms with E-state index in [0.717, 1.165) is 24.1 Å². The second-order valence-corrected chi connectivity index (χ2v) is 4.69. The van der Waals surface area contributed by atoms with Gasteiger partial charge in [0.1, 0.15) is 0 Å². The first kappa shape index (κ1) is 15.5. The Kier molecular flexibility index (Phi) is 5.08. The van der Waals surface area contributed by atoms with Crippen LogP contribution in [-0.2, 0) is 11.2 Å². The van der Waals surface area contributed by atoms with Crippen molar-refractivity contribution in [2.24, 2.45) is 0 Å². The van der Waals surface area contributed by atoms with Crippen LogP contribution in [0.1, 0.15) is 22.3 Å². The number of nitro groups is 1. The van der Waals surface area contributed by atoms with Gasteiger partial charge in [0.25, 0.3) is 0 Å². The van der Waals surface area contributed by atoms with E-state index in [4.69, 9.17) is 4.74 Å². The molecule has 0 bridgehead atoms. The van der Waals surface area contributed by atoms with Crippen LogP contribution >= 0.6 is 0 Å². The molecule has 0 saturated carbocycles. The lowest BCUT2D eigenvalue weighted by Gasteiger charge is -2.05. The lowest BCUT2D eigenvalue weighted by Crippen LogP contribution is -2.07. The van der Waals surface area contributed by atoms with Gasteiger partial charge in [0.05, 0.1) is 17.1 Å². The summed E-state index contributed by atoms with van der Waals surface area (Å²) >= 11 is 0. The maximum atomic E-state index is 11.8. The van der Waals surface area contributed by atoms with Crippen molar-refractivity contribution in [2.45, 2.75) is 12.8 Å². The molecular weight excluding hydrogens is 286 g/mol. The highest BCUT2D eigenvalue weighted by Gasteiger charge is 2.16. The number of hydrogen-bond donors (Lipinski definition) is 1. The molecule has 0 aliphatic rings. The highest BCUT2D eigenvalue weighted by atomic mass is 16.6. The summed E-state index contributed by atoms with van der Waals surface area (Å²) in [5, 5.41) is 20.1. The van der Waals surface area contributed by atoms with E-state index < -0.39 is 22.3 Å². The van der Waals surface area contributed by atoms with Crippen molar-refractivity contribution in [3.8, 4) is 5.75 Å². The number of nitrogens with zero attached hydrogens (tertiary/aromatic N) is 1. The summed E-state index contributed by atoms with van der Waals surface area (Å²) in [4.78, 5) is 21.6. The number of rotatable bonds is 6. The molecule has 0 aromatic heterocycles. The van der Waals surface area contributed by atoms with Gasteiger partial charge in [0, 0.05) is 12.1 Å². The number of nitro benzene ring substituents is 1. The molecule has 6 nitrogen and oxygen atoms in total. The number of phenols is 1. The number of carbonyl (C=O) groups excluding carboxylic acids is 1. The van der Waals surface area contributed by atoms with E-state index >= 15 is 0 Å². The highest BCUT2D eigenvalue weighted by molar-refractivity contribution is 5.90. The Morgan fingerprint density at radius 3 is 2.55 bits per heavy atom. The first-order chi connectivity index (χ1) is 10.6. The molecule has 0 heterocycles. The van der Waals surface area contributed by atoms with Crippen molar-refractivity contribution in [1.82, 2.24) is 0 Å². The zero-order valence-corrected chi connectivity index (χ0v) is 11.8. The molecule has 0 fully saturated rings. The fourth-order valence-corrected chi connectivity index (χ4v) is 1.97. The van der Waals surface area contributed by atoms with Crippen LogP contribution in [0.3, 0.4) is 0 Å². The molecule has 2 rings (SSSR count). The largest absolute Gasteiger partial charge is 0.502 e. The molecule has 22 heavy (non-hydrogen) atoms. The Hall–Kier alpha value is -2.89. The molecule has 0 amide bonds. The minimum atomic E-state index is -0.718. The molecule has 6 heteroatoms. The van der Waals surface area contributed by atoms with Gasteiger partial charge in [-0.15, -0.1) is 0 Å². The van der Waals surface area contributed by atoms with Gasteiger partial charge in [-0.1, -0.05) is 30.3 Å². The van der Waals surface area contributed by atoms with Gasteiger partial charge in [-0.3, -0.25) is 10.1 Å². The van der Waals surface area contributed by atoms with Gasteiger partial charge in [-0.05, 0) is 24.5 Å². The van der Waals surface area contributed by atoms with Crippen molar-refractivity contribution in [3.05, 3.63) is 69.8 Å². The van der Waals surface area contributed by atoms with Crippen LogP contribution in [0.2, 0.25) is 0 Å². The van der Waals surface area contributed by atoms with E-state index in [9.17, 15) is 20.0 Å². The minimum absolute atomic E-state index is 0.0859. The summed E-state index contributed by atoms with van der Waals surface area (Å²) in [6.45, 7) is 0.242. The molecule has 2 aromatic carbocycles. The molecule has 0 aliphatic heterocycles. The molecular formula is C16H15NO5. The maximum absolute atomic E-state index is 11.8. The van der Waals surface area contributed by atoms with Gasteiger partial charge < -0.3 is 9.84 Å². The molecule has 0 atom stereocenters. The second-order valence-electron chi connectivity index (χ2n) is 4.69. The van der Waals surface area contributed by atoms with E-state index in [-0.39, 0.29) is 12.2 Å². The minimum Gasteiger partial charge on any atom is -0.502 e. The summed E-state index contributed by atoms with van der Waals surface area (Å²) in [5.41, 5.74) is 0.801. The van der Waals surface area contributed by atoms with E-state index in [1.807, 2.05) is 30.3 Å². The Balaban J connectivity index is 1.85. The Morgan fingerprint density at radius 2 is 1.91 bits per heavy atom. The molecule has 114 valence electrons. The van der Waals surface area contributed by atoms with E-state index in [1.54, 1.807) is 0 Å². The molecule has 0 radical (unpaired) electrons. The zero-order valence-electron chi connectivity index (χ0n) is 11.8. The zero-order chi connectivity index (χ0) is 15.9. The number of aromatic hydroxyl groups is 1. The molecule has 2 aromatic rings. The van der Waals surface area contributed by atoms with Gasteiger partial charge >= 0.3 is 11.7 Å². The van der Waals surface area contributed by atoms with Gasteiger partial charge in [-0.25, -0.2) is 4.79 Å². The van der Waals surface area contributed by atoms with Gasteiger partial charge in [0.15, 0.2) is 5.75 Å². The van der Waals surface area contributed by atoms with Crippen LogP contribution in [0.5, 0.6) is 5.75 Å². The number of benzene rings is 2. The predicted octanol–water partition coefficient (Wildman–Crippen LogP) is 3.09. The number of ether oxygens (including phenoxy) is 1. The first-order valence-corrected chi connectivity index (χ1v) is 6.76. The van der Waals surface area contributed by atoms with E-state index in [1.165, 1.54) is 6.07 Å². The lowest BCUT2D eigenvalue weighted by atomic mass is 10.1. The molecule has 0 aliphatic carbocycles. The summed E-state index contributed by atoms with van der Waals surface area (Å²) in [6.07, 6.45) is 1.47. The smallest absolute Gasteiger partial charge is 0.338 e. The monoisotopic (exact) mass is 301 g/mol. The number of aryl methyl sites for hydroxylation is 1. The molecule has 0 spiro atoms. The van der Waals surface area contributed by atoms with Crippen LogP contribution in [-0.4, -0.2) is 22.6 Å². The Bertz CT molecular complexity index is 669. The van der Waals surface area contributed by atoms with Crippen LogP contribution in [0.15, 0.2) is 48.5 Å². The maximum Gasteiger partial charge on any atom is 0.338 e. The first-order valence-electron chi connectivity index (χ1n) is 6.76. The highest BCUT2D eigenvalue weighted by Crippen LogP contribution is 2.26. The predicted molar refractivity (Wildman–Crippen MR) is 79.8 cm³/mol. The summed E-state index contributed by atoms with van der Waals surface area (Å²) < 4.78 is 5.09. The molecule has 1 N–H and O–H groups in total. The summed E-state index contributed by atoms with van der Waals surface area (Å²) in [5.74, 6) is -1.16. The van der Waals surface area contributed by atoms with E-state index in [0.29, 0.717) is 6.42 Å². The van der Waals surface area contributed by atoms with Crippen molar-refractivity contribution in [1.29, 1.82) is 0 Å². The number of esters is 1. The molecule has 0 saturated heterocycles. The van der Waals surface area contributed by atoms with Gasteiger partial charge in [-0.2, -0.15) is 0 Å². The van der Waals surface area contributed by atoms with Crippen molar-refractivity contribution in [3.63, 3.8) is 0 Å². The third-order valence-corrected chi connectivity index (χ3v) is 3.09. The summed E-state index contributed by atoms with van der Waals surface area (Å²) in [7, 11) is 0. The van der Waals surface area contributed by atoms with Crippen LogP contribution in [0.25, 0.3) is 0 Å². The molecule has 0 unspecified atom stereocenters. The Labute approximate surface area is 127 Å².